The van der Waals surface area contributed by atoms with Gasteiger partial charge < -0.3 is 10.3 Å². The van der Waals surface area contributed by atoms with Crippen molar-refractivity contribution in [3.63, 3.8) is 0 Å². The summed E-state index contributed by atoms with van der Waals surface area (Å²) in [5.41, 5.74) is 1.52. The molecule has 0 saturated carbocycles. The molecule has 4 rings (SSSR count). The van der Waals surface area contributed by atoms with Crippen molar-refractivity contribution in [3.05, 3.63) is 62.0 Å². The molecule has 1 aliphatic carbocycles. The van der Waals surface area contributed by atoms with E-state index in [1.165, 1.54) is 29.0 Å². The zero-order valence-corrected chi connectivity index (χ0v) is 15.3. The van der Waals surface area contributed by atoms with Gasteiger partial charge in [0.2, 0.25) is 0 Å². The number of rotatable bonds is 4. The maximum absolute atomic E-state index is 13.9. The van der Waals surface area contributed by atoms with Gasteiger partial charge in [-0.1, -0.05) is 0 Å². The van der Waals surface area contributed by atoms with Gasteiger partial charge in [-0.15, -0.1) is 11.3 Å². The van der Waals surface area contributed by atoms with Gasteiger partial charge in [0.15, 0.2) is 5.82 Å². The van der Waals surface area contributed by atoms with Gasteiger partial charge in [0.25, 0.3) is 5.56 Å². The maximum Gasteiger partial charge on any atom is 0.260 e. The number of halogens is 2. The summed E-state index contributed by atoms with van der Waals surface area (Å²) in [6.07, 6.45) is 4.26. The number of nitrogens with zero attached hydrogens (tertiary/aromatic N) is 1. The highest BCUT2D eigenvalue weighted by atomic mass is 32.1. The van der Waals surface area contributed by atoms with Crippen LogP contribution in [0.15, 0.2) is 23.0 Å². The van der Waals surface area contributed by atoms with E-state index in [2.05, 4.69) is 9.97 Å². The predicted octanol–water partition coefficient (Wildman–Crippen LogP) is 2.97. The monoisotopic (exact) mass is 376 g/mol. The first-order chi connectivity index (χ1) is 12.5. The molecule has 2 aromatic heterocycles. The fourth-order valence-electron chi connectivity index (χ4n) is 3.59. The highest BCUT2D eigenvalue weighted by Gasteiger charge is 2.20. The molecule has 0 bridgehead atoms. The largest absolute Gasteiger partial charge is 0.334 e. The fourth-order valence-corrected chi connectivity index (χ4v) is 4.87. The molecule has 0 amide bonds. The second-order valence-corrected chi connectivity index (χ2v) is 7.88. The number of aromatic nitrogens is 2. The summed E-state index contributed by atoms with van der Waals surface area (Å²) in [5, 5.41) is 2.62. The average Bonchev–Trinajstić information content (AvgIpc) is 2.98. The van der Waals surface area contributed by atoms with Crippen LogP contribution in [-0.4, -0.2) is 9.97 Å². The van der Waals surface area contributed by atoms with E-state index in [1.54, 1.807) is 11.3 Å². The van der Waals surface area contributed by atoms with Crippen molar-refractivity contribution < 1.29 is 14.1 Å². The summed E-state index contributed by atoms with van der Waals surface area (Å²) in [7, 11) is 0. The number of aromatic amines is 1. The zero-order chi connectivity index (χ0) is 18.3. The van der Waals surface area contributed by atoms with Crippen LogP contribution in [0.3, 0.4) is 0 Å². The van der Waals surface area contributed by atoms with Crippen molar-refractivity contribution in [3.8, 4) is 0 Å². The highest BCUT2D eigenvalue weighted by molar-refractivity contribution is 7.18. The minimum atomic E-state index is -0.587. The van der Waals surface area contributed by atoms with E-state index in [0.717, 1.165) is 35.5 Å². The Morgan fingerprint density at radius 1 is 1.31 bits per heavy atom. The minimum absolute atomic E-state index is 0.0848. The van der Waals surface area contributed by atoms with E-state index in [0.29, 0.717) is 17.9 Å². The normalized spacial score (nSPS) is 15.2. The van der Waals surface area contributed by atoms with E-state index in [9.17, 15) is 13.6 Å². The molecular weight excluding hydrogens is 356 g/mol. The molecule has 0 unspecified atom stereocenters. The van der Waals surface area contributed by atoms with Crippen molar-refractivity contribution in [1.29, 1.82) is 0 Å². The topological polar surface area (TPSA) is 62.4 Å². The summed E-state index contributed by atoms with van der Waals surface area (Å²) in [4.78, 5) is 22.1. The fraction of sp³-hybridized carbons (Fsp3) is 0.368. The summed E-state index contributed by atoms with van der Waals surface area (Å²) in [6, 6.07) is 3.39. The van der Waals surface area contributed by atoms with Crippen LogP contribution in [0.1, 0.15) is 47.6 Å². The standard InChI is InChI=1S/C19H19F2N3OS/c1-10(12-7-6-11(20)8-14(12)21)22-9-16-23-18(25)17-13-4-2-3-5-15(13)26-19(17)24-16/h6-8,10,22H,2-5,9H2,1H3,(H,23,24,25)/p+1/t10-/m1/s1. The first kappa shape index (κ1) is 17.3. The quantitative estimate of drug-likeness (QED) is 0.735. The van der Waals surface area contributed by atoms with Crippen LogP contribution in [0.25, 0.3) is 10.2 Å². The Labute approximate surface area is 153 Å². The van der Waals surface area contributed by atoms with E-state index in [-0.39, 0.29) is 11.6 Å². The molecule has 136 valence electrons. The van der Waals surface area contributed by atoms with Crippen molar-refractivity contribution in [2.75, 3.05) is 0 Å². The lowest BCUT2D eigenvalue weighted by Gasteiger charge is -2.12. The maximum atomic E-state index is 13.9. The van der Waals surface area contributed by atoms with Gasteiger partial charge in [-0.2, -0.15) is 0 Å². The number of thiophene rings is 1. The van der Waals surface area contributed by atoms with Crippen LogP contribution in [0.5, 0.6) is 0 Å². The van der Waals surface area contributed by atoms with Gasteiger partial charge in [-0.25, -0.2) is 13.8 Å². The smallest absolute Gasteiger partial charge is 0.260 e. The van der Waals surface area contributed by atoms with Gasteiger partial charge in [0, 0.05) is 16.5 Å². The molecule has 0 saturated heterocycles. The Kier molecular flexibility index (Phi) is 4.58. The van der Waals surface area contributed by atoms with E-state index in [4.69, 9.17) is 0 Å². The predicted molar refractivity (Wildman–Crippen MR) is 97.3 cm³/mol. The Hall–Kier alpha value is -2.12. The molecule has 1 atom stereocenters. The summed E-state index contributed by atoms with van der Waals surface area (Å²) in [6.45, 7) is 2.27. The summed E-state index contributed by atoms with van der Waals surface area (Å²) < 4.78 is 27.0. The van der Waals surface area contributed by atoms with Crippen molar-refractivity contribution in [2.45, 2.75) is 45.2 Å². The van der Waals surface area contributed by atoms with E-state index < -0.39 is 11.6 Å². The number of nitrogens with one attached hydrogen (secondary N) is 1. The molecule has 7 heteroatoms. The minimum Gasteiger partial charge on any atom is -0.334 e. The van der Waals surface area contributed by atoms with Crippen LogP contribution in [0, 0.1) is 11.6 Å². The van der Waals surface area contributed by atoms with E-state index >= 15 is 0 Å². The van der Waals surface area contributed by atoms with Crippen LogP contribution < -0.4 is 10.9 Å². The molecule has 3 N–H and O–H groups in total. The average molecular weight is 376 g/mol. The number of quaternary nitrogens is 1. The lowest BCUT2D eigenvalue weighted by atomic mass is 9.97. The van der Waals surface area contributed by atoms with Crippen LogP contribution >= 0.6 is 11.3 Å². The van der Waals surface area contributed by atoms with Gasteiger partial charge in [-0.3, -0.25) is 4.79 Å². The molecular formula is C19H20F2N3OS+. The second-order valence-electron chi connectivity index (χ2n) is 6.80. The molecule has 3 aromatic rings. The van der Waals surface area contributed by atoms with Gasteiger partial charge >= 0.3 is 0 Å². The molecule has 26 heavy (non-hydrogen) atoms. The molecule has 4 nitrogen and oxygen atoms in total. The lowest BCUT2D eigenvalue weighted by Crippen LogP contribution is -2.83. The molecule has 0 aliphatic heterocycles. The van der Waals surface area contributed by atoms with E-state index in [1.807, 2.05) is 12.2 Å². The Balaban J connectivity index is 1.57. The molecule has 1 aliphatic rings. The van der Waals surface area contributed by atoms with Gasteiger partial charge in [0.1, 0.15) is 29.1 Å². The first-order valence-corrected chi connectivity index (χ1v) is 9.66. The third kappa shape index (κ3) is 3.17. The number of hydrogen-bond donors (Lipinski definition) is 2. The van der Waals surface area contributed by atoms with Crippen molar-refractivity contribution in [1.82, 2.24) is 9.97 Å². The molecule has 0 radical (unpaired) electrons. The Morgan fingerprint density at radius 3 is 2.92 bits per heavy atom. The van der Waals surface area contributed by atoms with Crippen LogP contribution in [0.2, 0.25) is 0 Å². The number of aryl methyl sites for hydroxylation is 2. The number of fused-ring (bicyclic) bond motifs is 3. The number of benzene rings is 1. The summed E-state index contributed by atoms with van der Waals surface area (Å²) in [5.74, 6) is -0.566. The Morgan fingerprint density at radius 2 is 2.12 bits per heavy atom. The third-order valence-corrected chi connectivity index (χ3v) is 6.18. The SMILES string of the molecule is C[C@@H]([NH2+]Cc1nc2sc3c(c2c(=O)[nH]1)CCCC3)c1ccc(F)cc1F. The molecule has 0 spiro atoms. The Bertz CT molecular complexity index is 1030. The second kappa shape index (κ2) is 6.89. The molecule has 2 heterocycles. The zero-order valence-electron chi connectivity index (χ0n) is 14.4. The van der Waals surface area contributed by atoms with Crippen molar-refractivity contribution >= 4 is 21.6 Å². The van der Waals surface area contributed by atoms with Crippen LogP contribution in [0.4, 0.5) is 8.78 Å². The molecule has 1 aromatic carbocycles. The lowest BCUT2D eigenvalue weighted by molar-refractivity contribution is -0.709. The number of hydrogen-bond acceptors (Lipinski definition) is 3. The number of H-pyrrole nitrogens is 1. The highest BCUT2D eigenvalue weighted by Crippen LogP contribution is 2.33. The third-order valence-electron chi connectivity index (χ3n) is 4.99. The van der Waals surface area contributed by atoms with Crippen LogP contribution in [-0.2, 0) is 19.4 Å². The molecule has 0 fully saturated rings. The summed E-state index contributed by atoms with van der Waals surface area (Å²) >= 11 is 1.62. The van der Waals surface area contributed by atoms with Crippen molar-refractivity contribution in [2.24, 2.45) is 0 Å². The van der Waals surface area contributed by atoms with Gasteiger partial charge in [0.05, 0.1) is 5.39 Å². The first-order valence-electron chi connectivity index (χ1n) is 8.84. The number of nitrogens with two attached hydrogens (primary N) is 1. The van der Waals surface area contributed by atoms with Gasteiger partial charge in [-0.05, 0) is 50.3 Å².